The van der Waals surface area contributed by atoms with Crippen LogP contribution < -0.4 is 5.32 Å². The first-order chi connectivity index (χ1) is 18.8. The zero-order valence-corrected chi connectivity index (χ0v) is 23.7. The van der Waals surface area contributed by atoms with E-state index >= 15 is 0 Å². The molecule has 0 spiro atoms. The molecule has 0 saturated heterocycles. The summed E-state index contributed by atoms with van der Waals surface area (Å²) in [5, 5.41) is 22.3. The van der Waals surface area contributed by atoms with E-state index in [0.717, 1.165) is 10.3 Å². The number of aromatic nitrogens is 4. The standard InChI is InChI=1S/C27H21BrClN5O4S/c1-2-16-12-18(24(37)17-8-4-5-9-19(17)29)26(39-16)34-22(31-32-27(34)28)13-30-25(38)21-11-15-7-3-6-10-20(15)33(21)14-23(35)36/h3-12H,2,13-14H2,1H3,(H,30,38)(H,35,36). The van der Waals surface area contributed by atoms with Crippen LogP contribution in [0.4, 0.5) is 0 Å². The highest BCUT2D eigenvalue weighted by atomic mass is 79.9. The number of para-hydroxylation sites is 1. The predicted octanol–water partition coefficient (Wildman–Crippen LogP) is 5.51. The highest BCUT2D eigenvalue weighted by Crippen LogP contribution is 2.33. The summed E-state index contributed by atoms with van der Waals surface area (Å²) in [6.07, 6.45) is 0.716. The van der Waals surface area contributed by atoms with Crippen molar-refractivity contribution in [3.8, 4) is 5.00 Å². The number of thiophene rings is 1. The van der Waals surface area contributed by atoms with E-state index in [2.05, 4.69) is 31.4 Å². The van der Waals surface area contributed by atoms with Gasteiger partial charge in [0.15, 0.2) is 11.6 Å². The molecule has 1 amide bonds. The van der Waals surface area contributed by atoms with Crippen LogP contribution in [0, 0.1) is 0 Å². The third-order valence-electron chi connectivity index (χ3n) is 6.11. The largest absolute Gasteiger partial charge is 0.480 e. The molecular formula is C27H21BrClN5O4S. The van der Waals surface area contributed by atoms with Crippen molar-refractivity contribution in [1.82, 2.24) is 24.6 Å². The average Bonchev–Trinajstić information content (AvgIpc) is 3.62. The SMILES string of the molecule is CCc1cc(C(=O)c2ccccc2Cl)c(-n2c(Br)nnc2CNC(=O)c2cc3ccccc3n2CC(=O)O)s1. The number of ketones is 1. The molecule has 0 aliphatic heterocycles. The minimum atomic E-state index is -1.06. The monoisotopic (exact) mass is 625 g/mol. The van der Waals surface area contributed by atoms with Crippen LogP contribution in [0.3, 0.4) is 0 Å². The molecule has 0 aliphatic rings. The number of carboxylic acid groups (broad SMARTS) is 1. The van der Waals surface area contributed by atoms with Crippen LogP contribution >= 0.6 is 38.9 Å². The molecule has 9 nitrogen and oxygen atoms in total. The summed E-state index contributed by atoms with van der Waals surface area (Å²) in [5.74, 6) is -1.38. The van der Waals surface area contributed by atoms with Gasteiger partial charge >= 0.3 is 5.97 Å². The lowest BCUT2D eigenvalue weighted by atomic mass is 10.0. The molecule has 3 aromatic heterocycles. The maximum absolute atomic E-state index is 13.5. The van der Waals surface area contributed by atoms with E-state index in [1.807, 2.05) is 25.1 Å². The topological polar surface area (TPSA) is 119 Å². The quantitative estimate of drug-likeness (QED) is 0.208. The van der Waals surface area contributed by atoms with E-state index in [4.69, 9.17) is 11.6 Å². The van der Waals surface area contributed by atoms with Crippen LogP contribution in [0.5, 0.6) is 0 Å². The summed E-state index contributed by atoms with van der Waals surface area (Å²) in [7, 11) is 0. The molecule has 3 heterocycles. The molecule has 0 bridgehead atoms. The van der Waals surface area contributed by atoms with Crippen molar-refractivity contribution >= 4 is 67.4 Å². The molecular weight excluding hydrogens is 606 g/mol. The van der Waals surface area contributed by atoms with E-state index in [1.54, 1.807) is 47.0 Å². The second-order valence-electron chi connectivity index (χ2n) is 8.57. The summed E-state index contributed by atoms with van der Waals surface area (Å²) in [6.45, 7) is 1.61. The van der Waals surface area contributed by atoms with Crippen molar-refractivity contribution in [2.75, 3.05) is 0 Å². The van der Waals surface area contributed by atoms with E-state index in [1.165, 1.54) is 15.9 Å². The average molecular weight is 627 g/mol. The minimum Gasteiger partial charge on any atom is -0.480 e. The fourth-order valence-corrected chi connectivity index (χ4v) is 6.20. The summed E-state index contributed by atoms with van der Waals surface area (Å²) in [5.41, 5.74) is 1.68. The second kappa shape index (κ2) is 11.1. The molecule has 0 radical (unpaired) electrons. The number of fused-ring (bicyclic) bond motifs is 1. The number of benzene rings is 2. The van der Waals surface area contributed by atoms with Gasteiger partial charge in [0.1, 0.15) is 17.2 Å². The number of carboxylic acids is 1. The maximum Gasteiger partial charge on any atom is 0.323 e. The van der Waals surface area contributed by atoms with Crippen LogP contribution in [-0.4, -0.2) is 42.1 Å². The van der Waals surface area contributed by atoms with Crippen LogP contribution in [-0.2, 0) is 24.3 Å². The first-order valence-electron chi connectivity index (χ1n) is 11.9. The molecule has 12 heteroatoms. The third-order valence-corrected chi connectivity index (χ3v) is 8.22. The van der Waals surface area contributed by atoms with Crippen LogP contribution in [0.15, 0.2) is 65.4 Å². The minimum absolute atomic E-state index is 0.0227. The normalized spacial score (nSPS) is 11.2. The fraction of sp³-hybridized carbons (Fsp3) is 0.148. The Balaban J connectivity index is 1.48. The second-order valence-corrected chi connectivity index (χ2v) is 10.8. The number of nitrogens with zero attached hydrogens (tertiary/aromatic N) is 4. The van der Waals surface area contributed by atoms with Crippen molar-refractivity contribution in [3.05, 3.63) is 97.9 Å². The Morgan fingerprint density at radius 2 is 1.79 bits per heavy atom. The third kappa shape index (κ3) is 5.25. The zero-order chi connectivity index (χ0) is 27.7. The van der Waals surface area contributed by atoms with E-state index in [0.29, 0.717) is 43.6 Å². The lowest BCUT2D eigenvalue weighted by Crippen LogP contribution is -2.27. The Kier molecular flexibility index (Phi) is 7.65. The van der Waals surface area contributed by atoms with Crippen molar-refractivity contribution in [2.24, 2.45) is 0 Å². The van der Waals surface area contributed by atoms with Crippen molar-refractivity contribution in [3.63, 3.8) is 0 Å². The summed E-state index contributed by atoms with van der Waals surface area (Å²) < 4.78 is 3.51. The van der Waals surface area contributed by atoms with Crippen molar-refractivity contribution in [1.29, 1.82) is 0 Å². The number of rotatable bonds is 9. The summed E-state index contributed by atoms with van der Waals surface area (Å²) >= 11 is 11.2. The highest BCUT2D eigenvalue weighted by molar-refractivity contribution is 9.10. The van der Waals surface area contributed by atoms with Gasteiger partial charge in [0, 0.05) is 21.3 Å². The Hall–Kier alpha value is -3.80. The number of hydrogen-bond acceptors (Lipinski definition) is 6. The van der Waals surface area contributed by atoms with E-state index in [9.17, 15) is 19.5 Å². The van der Waals surface area contributed by atoms with Gasteiger partial charge in [0.2, 0.25) is 4.73 Å². The highest BCUT2D eigenvalue weighted by Gasteiger charge is 2.25. The molecule has 5 rings (SSSR count). The number of aliphatic carboxylic acids is 1. The number of aryl methyl sites for hydroxylation is 1. The lowest BCUT2D eigenvalue weighted by Gasteiger charge is -2.11. The molecule has 0 saturated carbocycles. The number of carbonyl (C=O) groups is 3. The van der Waals surface area contributed by atoms with Gasteiger partial charge < -0.3 is 15.0 Å². The van der Waals surface area contributed by atoms with E-state index < -0.39 is 11.9 Å². The first kappa shape index (κ1) is 26.8. The maximum atomic E-state index is 13.5. The molecule has 39 heavy (non-hydrogen) atoms. The van der Waals surface area contributed by atoms with Gasteiger partial charge in [-0.3, -0.25) is 19.0 Å². The van der Waals surface area contributed by atoms with Gasteiger partial charge in [0.05, 0.1) is 17.1 Å². The van der Waals surface area contributed by atoms with Gasteiger partial charge in [-0.05, 0) is 52.7 Å². The molecule has 198 valence electrons. The smallest absolute Gasteiger partial charge is 0.323 e. The molecule has 0 atom stereocenters. The number of halogens is 2. The van der Waals surface area contributed by atoms with Gasteiger partial charge in [-0.25, -0.2) is 0 Å². The van der Waals surface area contributed by atoms with Crippen LogP contribution in [0.25, 0.3) is 15.9 Å². The molecule has 0 unspecified atom stereocenters. The molecule has 2 N–H and O–H groups in total. The molecule has 5 aromatic rings. The number of nitrogens with one attached hydrogen (secondary N) is 1. The molecule has 0 aliphatic carbocycles. The summed E-state index contributed by atoms with van der Waals surface area (Å²) in [6, 6.07) is 17.5. The Bertz CT molecular complexity index is 1740. The fourth-order valence-electron chi connectivity index (χ4n) is 4.29. The molecule has 2 aromatic carbocycles. The Labute approximate surface area is 240 Å². The first-order valence-corrected chi connectivity index (χ1v) is 13.9. The van der Waals surface area contributed by atoms with Crippen molar-refractivity contribution < 1.29 is 19.5 Å². The molecule has 0 fully saturated rings. The predicted molar refractivity (Wildman–Crippen MR) is 152 cm³/mol. The number of carbonyl (C=O) groups excluding carboxylic acids is 2. The van der Waals surface area contributed by atoms with Crippen LogP contribution in [0.1, 0.15) is 44.0 Å². The summed E-state index contributed by atoms with van der Waals surface area (Å²) in [4.78, 5) is 39.2. The van der Waals surface area contributed by atoms with Gasteiger partial charge in [-0.15, -0.1) is 21.5 Å². The van der Waals surface area contributed by atoms with Gasteiger partial charge in [0.25, 0.3) is 5.91 Å². The number of hydrogen-bond donors (Lipinski definition) is 2. The Morgan fingerprint density at radius 1 is 1.05 bits per heavy atom. The Morgan fingerprint density at radius 3 is 2.54 bits per heavy atom. The number of amides is 1. The van der Waals surface area contributed by atoms with E-state index in [-0.39, 0.29) is 24.6 Å². The van der Waals surface area contributed by atoms with Crippen LogP contribution in [0.2, 0.25) is 5.02 Å². The lowest BCUT2D eigenvalue weighted by molar-refractivity contribution is -0.137. The van der Waals surface area contributed by atoms with Gasteiger partial charge in [-0.2, -0.15) is 0 Å². The van der Waals surface area contributed by atoms with Gasteiger partial charge in [-0.1, -0.05) is 48.9 Å². The van der Waals surface area contributed by atoms with Crippen molar-refractivity contribution in [2.45, 2.75) is 26.4 Å². The zero-order valence-electron chi connectivity index (χ0n) is 20.5.